The van der Waals surface area contributed by atoms with Crippen molar-refractivity contribution >= 4 is 35.6 Å². The van der Waals surface area contributed by atoms with Gasteiger partial charge in [0.15, 0.2) is 0 Å². The number of benzene rings is 1. The molecule has 108 valence electrons. The first-order chi connectivity index (χ1) is 9.63. The van der Waals surface area contributed by atoms with Crippen LogP contribution in [-0.2, 0) is 4.79 Å². The average Bonchev–Trinajstić information content (AvgIpc) is 2.85. The Labute approximate surface area is 127 Å². The zero-order chi connectivity index (χ0) is 14.4. The highest BCUT2D eigenvalue weighted by Gasteiger charge is 2.32. The Bertz CT molecular complexity index is 500. The Morgan fingerprint density at radius 2 is 2.15 bits per heavy atom. The Balaban J connectivity index is 1.88. The summed E-state index contributed by atoms with van der Waals surface area (Å²) < 4.78 is 5.21. The van der Waals surface area contributed by atoms with Crippen molar-refractivity contribution in [3.63, 3.8) is 0 Å². The van der Waals surface area contributed by atoms with Crippen LogP contribution in [0.4, 0.5) is 0 Å². The third kappa shape index (κ3) is 4.18. The SMILES string of the molecule is COc1ccccc1/C=N\NC(=O)CC1(C)SCCS1. The summed E-state index contributed by atoms with van der Waals surface area (Å²) in [6, 6.07) is 7.54. The maximum atomic E-state index is 11.9. The number of amides is 1. The van der Waals surface area contributed by atoms with Crippen LogP contribution in [0.15, 0.2) is 29.4 Å². The lowest BCUT2D eigenvalue weighted by atomic mass is 10.2. The molecule has 0 aliphatic carbocycles. The van der Waals surface area contributed by atoms with Gasteiger partial charge in [-0.15, -0.1) is 23.5 Å². The molecule has 1 aromatic rings. The molecular weight excluding hydrogens is 292 g/mol. The van der Waals surface area contributed by atoms with E-state index in [4.69, 9.17) is 4.74 Å². The quantitative estimate of drug-likeness (QED) is 0.671. The van der Waals surface area contributed by atoms with Gasteiger partial charge < -0.3 is 4.74 Å². The highest BCUT2D eigenvalue weighted by molar-refractivity contribution is 8.21. The molecule has 0 unspecified atom stereocenters. The second-order valence-electron chi connectivity index (χ2n) is 4.54. The lowest BCUT2D eigenvalue weighted by molar-refractivity contribution is -0.121. The maximum Gasteiger partial charge on any atom is 0.242 e. The highest BCUT2D eigenvalue weighted by Crippen LogP contribution is 2.45. The third-order valence-corrected chi connectivity index (χ3v) is 6.20. The summed E-state index contributed by atoms with van der Waals surface area (Å²) in [6.07, 6.45) is 2.08. The molecule has 1 N–H and O–H groups in total. The molecule has 1 aromatic carbocycles. The van der Waals surface area contributed by atoms with Gasteiger partial charge in [-0.25, -0.2) is 5.43 Å². The molecule has 1 fully saturated rings. The molecule has 0 aromatic heterocycles. The molecule has 1 aliphatic heterocycles. The van der Waals surface area contributed by atoms with Crippen molar-refractivity contribution in [2.24, 2.45) is 5.10 Å². The molecule has 1 heterocycles. The van der Waals surface area contributed by atoms with Gasteiger partial charge >= 0.3 is 0 Å². The van der Waals surface area contributed by atoms with Crippen LogP contribution in [-0.4, -0.2) is 34.8 Å². The fourth-order valence-corrected chi connectivity index (χ4v) is 4.77. The topological polar surface area (TPSA) is 50.7 Å². The Kier molecular flexibility index (Phi) is 5.37. The van der Waals surface area contributed by atoms with E-state index < -0.39 is 0 Å². The summed E-state index contributed by atoms with van der Waals surface area (Å²) in [5, 5.41) is 4.00. The van der Waals surface area contributed by atoms with E-state index in [1.807, 2.05) is 47.8 Å². The zero-order valence-electron chi connectivity index (χ0n) is 11.6. The predicted molar refractivity (Wildman–Crippen MR) is 86.7 cm³/mol. The van der Waals surface area contributed by atoms with Gasteiger partial charge in [0.2, 0.25) is 5.91 Å². The minimum absolute atomic E-state index is 0.00988. The molecule has 0 atom stereocenters. The van der Waals surface area contributed by atoms with Gasteiger partial charge in [-0.1, -0.05) is 12.1 Å². The minimum atomic E-state index is -0.0550. The number of carbonyl (C=O) groups excluding carboxylic acids is 1. The van der Waals surface area contributed by atoms with Crippen molar-refractivity contribution in [1.29, 1.82) is 0 Å². The number of hydrazone groups is 1. The Morgan fingerprint density at radius 3 is 2.85 bits per heavy atom. The molecular formula is C14H18N2O2S2. The van der Waals surface area contributed by atoms with E-state index in [0.717, 1.165) is 22.8 Å². The van der Waals surface area contributed by atoms with E-state index in [2.05, 4.69) is 17.5 Å². The number of hydrogen-bond donors (Lipinski definition) is 1. The molecule has 0 spiro atoms. The van der Waals surface area contributed by atoms with E-state index in [9.17, 15) is 4.79 Å². The van der Waals surface area contributed by atoms with Gasteiger partial charge in [-0.05, 0) is 19.1 Å². The molecule has 1 saturated heterocycles. The van der Waals surface area contributed by atoms with Gasteiger partial charge in [-0.3, -0.25) is 4.79 Å². The van der Waals surface area contributed by atoms with Crippen LogP contribution >= 0.6 is 23.5 Å². The van der Waals surface area contributed by atoms with Gasteiger partial charge in [0.25, 0.3) is 0 Å². The molecule has 0 bridgehead atoms. The predicted octanol–water partition coefficient (Wildman–Crippen LogP) is 2.73. The number of methoxy groups -OCH3 is 1. The summed E-state index contributed by atoms with van der Waals surface area (Å²) in [5.41, 5.74) is 3.42. The van der Waals surface area contributed by atoms with Crippen molar-refractivity contribution in [2.45, 2.75) is 17.4 Å². The maximum absolute atomic E-state index is 11.9. The number of hydrogen-bond acceptors (Lipinski definition) is 5. The average molecular weight is 310 g/mol. The van der Waals surface area contributed by atoms with Gasteiger partial charge in [0.05, 0.1) is 23.8 Å². The van der Waals surface area contributed by atoms with Crippen LogP contribution in [0.2, 0.25) is 0 Å². The molecule has 4 nitrogen and oxygen atoms in total. The van der Waals surface area contributed by atoms with Crippen molar-refractivity contribution < 1.29 is 9.53 Å². The first-order valence-electron chi connectivity index (χ1n) is 6.36. The molecule has 1 amide bonds. The molecule has 1 aliphatic rings. The summed E-state index contributed by atoms with van der Waals surface area (Å²) in [7, 11) is 1.61. The van der Waals surface area contributed by atoms with Crippen molar-refractivity contribution in [2.75, 3.05) is 18.6 Å². The smallest absolute Gasteiger partial charge is 0.242 e. The summed E-state index contributed by atoms with van der Waals surface area (Å²) in [4.78, 5) is 11.9. The highest BCUT2D eigenvalue weighted by atomic mass is 32.2. The fraction of sp³-hybridized carbons (Fsp3) is 0.429. The lowest BCUT2D eigenvalue weighted by Gasteiger charge is -2.19. The first kappa shape index (κ1) is 15.3. The van der Waals surface area contributed by atoms with Gasteiger partial charge in [-0.2, -0.15) is 5.10 Å². The number of nitrogens with zero attached hydrogens (tertiary/aromatic N) is 1. The molecule has 0 saturated carbocycles. The molecule has 2 rings (SSSR count). The van der Waals surface area contributed by atoms with Crippen LogP contribution in [0.3, 0.4) is 0 Å². The first-order valence-corrected chi connectivity index (χ1v) is 8.33. The standard InChI is InChI=1S/C14H18N2O2S2/c1-14(19-7-8-20-14)9-13(17)16-15-10-11-5-3-4-6-12(11)18-2/h3-6,10H,7-9H2,1-2H3,(H,16,17)/b15-10-. The third-order valence-electron chi connectivity index (χ3n) is 2.91. The van der Waals surface area contributed by atoms with Crippen LogP contribution in [0.25, 0.3) is 0 Å². The van der Waals surface area contributed by atoms with E-state index >= 15 is 0 Å². The van der Waals surface area contributed by atoms with Gasteiger partial charge in [0.1, 0.15) is 5.75 Å². The second-order valence-corrected chi connectivity index (χ2v) is 8.00. The van der Waals surface area contributed by atoms with E-state index in [-0.39, 0.29) is 9.99 Å². The van der Waals surface area contributed by atoms with Crippen molar-refractivity contribution in [1.82, 2.24) is 5.43 Å². The van der Waals surface area contributed by atoms with E-state index in [1.165, 1.54) is 0 Å². The van der Waals surface area contributed by atoms with E-state index in [0.29, 0.717) is 6.42 Å². The van der Waals surface area contributed by atoms with Crippen LogP contribution in [0.5, 0.6) is 5.75 Å². The number of para-hydroxylation sites is 1. The molecule has 0 radical (unpaired) electrons. The number of ether oxygens (including phenoxy) is 1. The zero-order valence-corrected chi connectivity index (χ0v) is 13.2. The number of nitrogens with one attached hydrogen (secondary N) is 1. The van der Waals surface area contributed by atoms with Crippen LogP contribution in [0.1, 0.15) is 18.9 Å². The normalized spacial score (nSPS) is 17.3. The van der Waals surface area contributed by atoms with Crippen LogP contribution in [0, 0.1) is 0 Å². The summed E-state index contributed by atoms with van der Waals surface area (Å²) in [5.74, 6) is 2.90. The monoisotopic (exact) mass is 310 g/mol. The number of rotatable bonds is 5. The van der Waals surface area contributed by atoms with Gasteiger partial charge in [0, 0.05) is 17.1 Å². The lowest BCUT2D eigenvalue weighted by Crippen LogP contribution is -2.26. The largest absolute Gasteiger partial charge is 0.496 e. The summed E-state index contributed by atoms with van der Waals surface area (Å²) >= 11 is 3.68. The Morgan fingerprint density at radius 1 is 1.45 bits per heavy atom. The molecule has 20 heavy (non-hydrogen) atoms. The molecule has 6 heteroatoms. The van der Waals surface area contributed by atoms with Crippen LogP contribution < -0.4 is 10.2 Å². The number of carbonyl (C=O) groups is 1. The fourth-order valence-electron chi connectivity index (χ4n) is 1.94. The Hall–Kier alpha value is -1.14. The second kappa shape index (κ2) is 7.04. The number of thioether (sulfide) groups is 2. The summed E-state index contributed by atoms with van der Waals surface area (Å²) in [6.45, 7) is 2.11. The van der Waals surface area contributed by atoms with Crippen molar-refractivity contribution in [3.05, 3.63) is 29.8 Å². The van der Waals surface area contributed by atoms with E-state index in [1.54, 1.807) is 13.3 Å². The minimum Gasteiger partial charge on any atom is -0.496 e. The van der Waals surface area contributed by atoms with Crippen molar-refractivity contribution in [3.8, 4) is 5.75 Å².